The van der Waals surface area contributed by atoms with Gasteiger partial charge in [0.1, 0.15) is 0 Å². The zero-order chi connectivity index (χ0) is 15.0. The van der Waals surface area contributed by atoms with Gasteiger partial charge in [0.05, 0.1) is 18.1 Å². The summed E-state index contributed by atoms with van der Waals surface area (Å²) in [6, 6.07) is 4.65. The van der Waals surface area contributed by atoms with Gasteiger partial charge in [0.15, 0.2) is 12.0 Å². The molecule has 0 aromatic heterocycles. The third-order valence-corrected chi connectivity index (χ3v) is 2.62. The van der Waals surface area contributed by atoms with Crippen molar-refractivity contribution in [1.29, 1.82) is 0 Å². The van der Waals surface area contributed by atoms with Gasteiger partial charge in [-0.2, -0.15) is 0 Å². The number of anilines is 1. The fourth-order valence-corrected chi connectivity index (χ4v) is 1.57. The highest BCUT2D eigenvalue weighted by atomic mass is 16.7. The number of nitrogens with one attached hydrogen (secondary N) is 1. The van der Waals surface area contributed by atoms with Gasteiger partial charge in [-0.25, -0.2) is 0 Å². The third-order valence-electron chi connectivity index (χ3n) is 2.62. The van der Waals surface area contributed by atoms with Crippen molar-refractivity contribution in [2.45, 2.75) is 19.6 Å². The maximum absolute atomic E-state index is 10.9. The van der Waals surface area contributed by atoms with Crippen LogP contribution in [0.3, 0.4) is 0 Å². The van der Waals surface area contributed by atoms with Crippen LogP contribution < -0.4 is 10.1 Å². The second-order valence-corrected chi connectivity index (χ2v) is 4.07. The van der Waals surface area contributed by atoms with Crippen LogP contribution >= 0.6 is 0 Å². The van der Waals surface area contributed by atoms with Gasteiger partial charge in [-0.15, -0.1) is 0 Å². The maximum atomic E-state index is 10.9. The highest BCUT2D eigenvalue weighted by Gasteiger charge is 2.16. The number of benzene rings is 1. The van der Waals surface area contributed by atoms with Gasteiger partial charge in [-0.05, 0) is 12.5 Å². The van der Waals surface area contributed by atoms with E-state index in [1.807, 2.05) is 6.92 Å². The summed E-state index contributed by atoms with van der Waals surface area (Å²) in [7, 11) is 3.09. The Hall–Kier alpha value is -1.86. The van der Waals surface area contributed by atoms with Crippen LogP contribution in [-0.4, -0.2) is 38.6 Å². The summed E-state index contributed by atoms with van der Waals surface area (Å²) in [5.74, 6) is 0.258. The monoisotopic (exact) mass is 284 g/mol. The quantitative estimate of drug-likeness (QED) is 0.426. The standard InChI is InChI=1S/C13H20N2O5/c1-4-7-20-12-8-10(5-6-11(12)15(16)17)14-9-13(18-2)19-3/h5-6,8,13-14H,4,7,9H2,1-3H3. The maximum Gasteiger partial charge on any atom is 0.311 e. The molecule has 0 heterocycles. The molecule has 0 bridgehead atoms. The molecule has 20 heavy (non-hydrogen) atoms. The number of methoxy groups -OCH3 is 2. The summed E-state index contributed by atoms with van der Waals surface area (Å²) in [5.41, 5.74) is 0.667. The van der Waals surface area contributed by atoms with Crippen molar-refractivity contribution in [3.63, 3.8) is 0 Å². The first-order valence-electron chi connectivity index (χ1n) is 6.33. The molecule has 7 heteroatoms. The summed E-state index contributed by atoms with van der Waals surface area (Å²) >= 11 is 0. The summed E-state index contributed by atoms with van der Waals surface area (Å²) in [4.78, 5) is 10.5. The molecule has 0 aliphatic rings. The van der Waals surface area contributed by atoms with Crippen molar-refractivity contribution < 1.29 is 19.1 Å². The number of ether oxygens (including phenoxy) is 3. The lowest BCUT2D eigenvalue weighted by Crippen LogP contribution is -2.23. The predicted molar refractivity (Wildman–Crippen MR) is 75.2 cm³/mol. The molecule has 0 unspecified atom stereocenters. The van der Waals surface area contributed by atoms with E-state index in [4.69, 9.17) is 14.2 Å². The van der Waals surface area contributed by atoms with Crippen LogP contribution in [0, 0.1) is 10.1 Å². The van der Waals surface area contributed by atoms with Crippen LogP contribution in [-0.2, 0) is 9.47 Å². The number of rotatable bonds is 9. The Morgan fingerprint density at radius 1 is 1.35 bits per heavy atom. The van der Waals surface area contributed by atoms with E-state index in [1.165, 1.54) is 6.07 Å². The van der Waals surface area contributed by atoms with Crippen LogP contribution in [0.15, 0.2) is 18.2 Å². The van der Waals surface area contributed by atoms with Crippen LogP contribution in [0.4, 0.5) is 11.4 Å². The molecule has 0 saturated carbocycles. The van der Waals surface area contributed by atoms with Crippen molar-refractivity contribution in [2.24, 2.45) is 0 Å². The SMILES string of the molecule is CCCOc1cc(NCC(OC)OC)ccc1[N+](=O)[O-]. The Kier molecular flexibility index (Phi) is 6.75. The first-order valence-corrected chi connectivity index (χ1v) is 6.33. The molecule has 0 aliphatic heterocycles. The number of nitrogens with zero attached hydrogens (tertiary/aromatic N) is 1. The van der Waals surface area contributed by atoms with E-state index in [0.29, 0.717) is 18.8 Å². The molecule has 1 N–H and O–H groups in total. The van der Waals surface area contributed by atoms with Gasteiger partial charge < -0.3 is 19.5 Å². The van der Waals surface area contributed by atoms with Gasteiger partial charge in [-0.3, -0.25) is 10.1 Å². The van der Waals surface area contributed by atoms with Crippen LogP contribution in [0.5, 0.6) is 5.75 Å². The molecule has 1 rings (SSSR count). The first-order chi connectivity index (χ1) is 9.62. The zero-order valence-corrected chi connectivity index (χ0v) is 11.9. The Morgan fingerprint density at radius 3 is 2.60 bits per heavy atom. The van der Waals surface area contributed by atoms with E-state index in [-0.39, 0.29) is 17.7 Å². The minimum atomic E-state index is -0.456. The van der Waals surface area contributed by atoms with E-state index in [0.717, 1.165) is 6.42 Å². The molecule has 0 aliphatic carbocycles. The van der Waals surface area contributed by atoms with Gasteiger partial charge in [0.25, 0.3) is 0 Å². The topological polar surface area (TPSA) is 82.9 Å². The molecular formula is C13H20N2O5. The average Bonchev–Trinajstić information content (AvgIpc) is 2.46. The molecule has 0 atom stereocenters. The lowest BCUT2D eigenvalue weighted by atomic mass is 10.2. The van der Waals surface area contributed by atoms with E-state index in [9.17, 15) is 10.1 Å². The minimum Gasteiger partial charge on any atom is -0.487 e. The number of nitro groups is 1. The molecule has 112 valence electrons. The average molecular weight is 284 g/mol. The Bertz CT molecular complexity index is 435. The summed E-state index contributed by atoms with van der Waals surface area (Å²) < 4.78 is 15.5. The van der Waals surface area contributed by atoms with Crippen LogP contribution in [0.1, 0.15) is 13.3 Å². The second-order valence-electron chi connectivity index (χ2n) is 4.07. The molecule has 7 nitrogen and oxygen atoms in total. The molecule has 0 radical (unpaired) electrons. The number of hydrogen-bond acceptors (Lipinski definition) is 6. The fraction of sp³-hybridized carbons (Fsp3) is 0.538. The second kappa shape index (κ2) is 8.34. The fourth-order valence-electron chi connectivity index (χ4n) is 1.57. The van der Waals surface area contributed by atoms with Gasteiger partial charge in [0.2, 0.25) is 0 Å². The van der Waals surface area contributed by atoms with E-state index < -0.39 is 4.92 Å². The molecule has 0 fully saturated rings. The van der Waals surface area contributed by atoms with Crippen molar-refractivity contribution in [3.8, 4) is 5.75 Å². The minimum absolute atomic E-state index is 0.0426. The molecular weight excluding hydrogens is 264 g/mol. The van der Waals surface area contributed by atoms with E-state index in [1.54, 1.807) is 26.4 Å². The highest BCUT2D eigenvalue weighted by Crippen LogP contribution is 2.30. The number of nitro benzene ring substituents is 1. The molecule has 0 amide bonds. The van der Waals surface area contributed by atoms with Crippen LogP contribution in [0.25, 0.3) is 0 Å². The lowest BCUT2D eigenvalue weighted by Gasteiger charge is -2.15. The Labute approximate surface area is 118 Å². The van der Waals surface area contributed by atoms with Gasteiger partial charge in [0, 0.05) is 32.0 Å². The van der Waals surface area contributed by atoms with Crippen molar-refractivity contribution in [2.75, 3.05) is 32.7 Å². The van der Waals surface area contributed by atoms with Crippen molar-refractivity contribution in [1.82, 2.24) is 0 Å². The molecule has 0 spiro atoms. The van der Waals surface area contributed by atoms with Gasteiger partial charge in [-0.1, -0.05) is 6.92 Å². The first kappa shape index (κ1) is 16.2. The molecule has 1 aromatic rings. The summed E-state index contributed by atoms with van der Waals surface area (Å²) in [6.07, 6.45) is 0.398. The van der Waals surface area contributed by atoms with Crippen LogP contribution in [0.2, 0.25) is 0 Å². The van der Waals surface area contributed by atoms with Crippen molar-refractivity contribution in [3.05, 3.63) is 28.3 Å². The van der Waals surface area contributed by atoms with Crippen molar-refractivity contribution >= 4 is 11.4 Å². The zero-order valence-electron chi connectivity index (χ0n) is 11.9. The Balaban J connectivity index is 2.80. The number of hydrogen-bond donors (Lipinski definition) is 1. The highest BCUT2D eigenvalue weighted by molar-refractivity contribution is 5.58. The third kappa shape index (κ3) is 4.67. The molecule has 1 aromatic carbocycles. The largest absolute Gasteiger partial charge is 0.487 e. The van der Waals surface area contributed by atoms with E-state index in [2.05, 4.69) is 5.32 Å². The normalized spacial score (nSPS) is 10.6. The van der Waals surface area contributed by atoms with Gasteiger partial charge >= 0.3 is 5.69 Å². The van der Waals surface area contributed by atoms with E-state index >= 15 is 0 Å². The lowest BCUT2D eigenvalue weighted by molar-refractivity contribution is -0.385. The predicted octanol–water partition coefficient (Wildman–Crippen LogP) is 2.41. The summed E-state index contributed by atoms with van der Waals surface area (Å²) in [5, 5.41) is 14.0. The Morgan fingerprint density at radius 2 is 2.05 bits per heavy atom. The molecule has 0 saturated heterocycles. The summed E-state index contributed by atoms with van der Waals surface area (Å²) in [6.45, 7) is 2.80. The smallest absolute Gasteiger partial charge is 0.311 e.